The molecule has 2 amide bonds. The minimum atomic E-state index is -5.02. The fourth-order valence-electron chi connectivity index (χ4n) is 5.86. The lowest BCUT2D eigenvalue weighted by Crippen LogP contribution is -2.48. The zero-order valence-electron chi connectivity index (χ0n) is 22.8. The Morgan fingerprint density at radius 2 is 1.59 bits per heavy atom. The number of piperidine rings is 1. The van der Waals surface area contributed by atoms with Crippen molar-refractivity contribution < 1.29 is 37.3 Å². The van der Waals surface area contributed by atoms with Crippen molar-refractivity contribution in [1.29, 1.82) is 0 Å². The van der Waals surface area contributed by atoms with E-state index >= 15 is 0 Å². The van der Waals surface area contributed by atoms with Crippen molar-refractivity contribution >= 4 is 17.5 Å². The fourth-order valence-corrected chi connectivity index (χ4v) is 5.86. The highest BCUT2D eigenvalue weighted by molar-refractivity contribution is 5.98. The first-order valence-corrected chi connectivity index (χ1v) is 14.2. The van der Waals surface area contributed by atoms with E-state index in [1.807, 2.05) is 24.3 Å². The van der Waals surface area contributed by atoms with Gasteiger partial charge in [0.15, 0.2) is 6.29 Å². The molecule has 0 unspecified atom stereocenters. The summed E-state index contributed by atoms with van der Waals surface area (Å²) in [6.45, 7) is 2.75. The van der Waals surface area contributed by atoms with Crippen LogP contribution in [0.3, 0.4) is 0 Å². The van der Waals surface area contributed by atoms with E-state index in [0.29, 0.717) is 23.4 Å². The van der Waals surface area contributed by atoms with Crippen molar-refractivity contribution in [2.75, 3.05) is 31.5 Å². The molecule has 8 nitrogen and oxygen atoms in total. The number of likely N-dealkylation sites (tertiary alicyclic amines) is 2. The molecular formula is C30H36F3N3O5. The van der Waals surface area contributed by atoms with Gasteiger partial charge in [0, 0.05) is 30.8 Å². The Balaban J connectivity index is 1.27. The van der Waals surface area contributed by atoms with Gasteiger partial charge in [0.2, 0.25) is 5.91 Å². The number of nitrogens with one attached hydrogen (secondary N) is 1. The number of alkyl halides is 3. The quantitative estimate of drug-likeness (QED) is 0.498. The summed E-state index contributed by atoms with van der Waals surface area (Å²) in [6, 6.07) is 13.4. The normalized spacial score (nSPS) is 25.7. The average molecular weight is 576 g/mol. The molecule has 0 spiro atoms. The molecule has 0 radical (unpaired) electrons. The van der Waals surface area contributed by atoms with Crippen LogP contribution < -0.4 is 5.32 Å². The molecule has 0 aromatic heterocycles. The molecule has 0 saturated carbocycles. The second-order valence-corrected chi connectivity index (χ2v) is 11.0. The van der Waals surface area contributed by atoms with Gasteiger partial charge in [-0.15, -0.1) is 0 Å². The van der Waals surface area contributed by atoms with Gasteiger partial charge in [0.25, 0.3) is 0 Å². The Hall–Kier alpha value is -2.99. The van der Waals surface area contributed by atoms with Crippen molar-refractivity contribution in [3.8, 4) is 0 Å². The van der Waals surface area contributed by atoms with E-state index in [1.54, 1.807) is 24.3 Å². The van der Waals surface area contributed by atoms with E-state index in [9.17, 15) is 27.9 Å². The summed E-state index contributed by atoms with van der Waals surface area (Å²) >= 11 is 0. The van der Waals surface area contributed by atoms with E-state index in [2.05, 4.69) is 10.2 Å². The van der Waals surface area contributed by atoms with E-state index in [-0.39, 0.29) is 31.8 Å². The Labute approximate surface area is 237 Å². The monoisotopic (exact) mass is 575 g/mol. The second-order valence-electron chi connectivity index (χ2n) is 11.0. The average Bonchev–Trinajstić information content (AvgIpc) is 3.47. The molecule has 0 bridgehead atoms. The Kier molecular flexibility index (Phi) is 9.28. The van der Waals surface area contributed by atoms with Gasteiger partial charge in [-0.05, 0) is 62.0 Å². The summed E-state index contributed by atoms with van der Waals surface area (Å²) in [5.74, 6) is -2.64. The number of benzene rings is 2. The first-order valence-electron chi connectivity index (χ1n) is 14.2. The first-order chi connectivity index (χ1) is 19.7. The van der Waals surface area contributed by atoms with Crippen LogP contribution in [-0.2, 0) is 25.7 Å². The van der Waals surface area contributed by atoms with Crippen LogP contribution >= 0.6 is 0 Å². The number of carbonyl (C=O) groups is 2. The standard InChI is InChI=1S/C30H36F3N3O5/c31-30(32,33)29(39)36-16-4-5-25(36)27(38)34-23-12-10-22(11-13-23)28-40-24(18-35-14-2-1-3-15-35)17-26(41-28)21-8-6-20(19-37)7-9-21/h6-13,24-26,28,37H,1-5,14-19H2,(H,34,38)/t24-,25-,26+,28+/m0/s1. The number of anilines is 1. The van der Waals surface area contributed by atoms with Crippen LogP contribution in [0.25, 0.3) is 0 Å². The molecule has 3 fully saturated rings. The Bertz CT molecular complexity index is 1190. The second kappa shape index (κ2) is 12.9. The number of nitrogens with zero attached hydrogens (tertiary/aromatic N) is 2. The van der Waals surface area contributed by atoms with Crippen molar-refractivity contribution in [3.05, 3.63) is 65.2 Å². The summed E-state index contributed by atoms with van der Waals surface area (Å²) < 4.78 is 51.7. The number of rotatable bonds is 7. The molecule has 11 heteroatoms. The molecule has 3 heterocycles. The maximum absolute atomic E-state index is 13.0. The van der Waals surface area contributed by atoms with Crippen molar-refractivity contribution in [1.82, 2.24) is 9.80 Å². The minimum Gasteiger partial charge on any atom is -0.392 e. The van der Waals surface area contributed by atoms with Crippen molar-refractivity contribution in [3.63, 3.8) is 0 Å². The third kappa shape index (κ3) is 7.27. The number of aliphatic hydroxyl groups excluding tert-OH is 1. The lowest BCUT2D eigenvalue weighted by molar-refractivity contribution is -0.253. The third-order valence-corrected chi connectivity index (χ3v) is 8.03. The molecule has 3 saturated heterocycles. The van der Waals surface area contributed by atoms with Gasteiger partial charge in [0.1, 0.15) is 6.04 Å². The number of hydrogen-bond acceptors (Lipinski definition) is 6. The van der Waals surface area contributed by atoms with Gasteiger partial charge >= 0.3 is 12.1 Å². The maximum atomic E-state index is 13.0. The zero-order chi connectivity index (χ0) is 29.0. The van der Waals surface area contributed by atoms with E-state index in [1.165, 1.54) is 19.3 Å². The maximum Gasteiger partial charge on any atom is 0.471 e. The molecule has 2 N–H and O–H groups in total. The molecule has 2 aromatic rings. The van der Waals surface area contributed by atoms with E-state index < -0.39 is 30.3 Å². The molecule has 5 rings (SSSR count). The zero-order valence-corrected chi connectivity index (χ0v) is 22.8. The van der Waals surface area contributed by atoms with Crippen LogP contribution in [0.2, 0.25) is 0 Å². The molecule has 41 heavy (non-hydrogen) atoms. The molecule has 3 aliphatic rings. The van der Waals surface area contributed by atoms with Crippen LogP contribution in [0.4, 0.5) is 18.9 Å². The summed E-state index contributed by atoms with van der Waals surface area (Å²) in [5, 5.41) is 12.1. The highest BCUT2D eigenvalue weighted by Crippen LogP contribution is 2.38. The van der Waals surface area contributed by atoms with Crippen molar-refractivity contribution in [2.45, 2.75) is 75.8 Å². The molecule has 4 atom stereocenters. The number of aliphatic hydroxyl groups is 1. The summed E-state index contributed by atoms with van der Waals surface area (Å²) in [5.41, 5.74) is 2.97. The first kappa shape index (κ1) is 29.5. The number of ether oxygens (including phenoxy) is 2. The molecule has 3 aliphatic heterocycles. The van der Waals surface area contributed by atoms with Crippen LogP contribution in [0.5, 0.6) is 0 Å². The van der Waals surface area contributed by atoms with Gasteiger partial charge in [-0.2, -0.15) is 13.2 Å². The summed E-state index contributed by atoms with van der Waals surface area (Å²) in [6.07, 6.45) is -1.16. The molecule has 222 valence electrons. The van der Waals surface area contributed by atoms with Crippen LogP contribution in [0.1, 0.15) is 67.6 Å². The Morgan fingerprint density at radius 3 is 2.24 bits per heavy atom. The SMILES string of the molecule is O=C(Nc1ccc([C@@H]2O[C@H](CN3CCCCC3)C[C@H](c3ccc(CO)cc3)O2)cc1)[C@@H]1CCCN1C(=O)C(F)(F)F. The largest absolute Gasteiger partial charge is 0.471 e. The van der Waals surface area contributed by atoms with Gasteiger partial charge in [-0.1, -0.05) is 42.8 Å². The van der Waals surface area contributed by atoms with Gasteiger partial charge < -0.3 is 29.7 Å². The van der Waals surface area contributed by atoms with Gasteiger partial charge in [-0.25, -0.2) is 0 Å². The van der Waals surface area contributed by atoms with Crippen LogP contribution in [0, 0.1) is 0 Å². The minimum absolute atomic E-state index is 0.0323. The highest BCUT2D eigenvalue weighted by atomic mass is 19.4. The number of hydrogen-bond donors (Lipinski definition) is 2. The fraction of sp³-hybridized carbons (Fsp3) is 0.533. The smallest absolute Gasteiger partial charge is 0.392 e. The van der Waals surface area contributed by atoms with Crippen LogP contribution in [-0.4, -0.2) is 71.2 Å². The highest BCUT2D eigenvalue weighted by Gasteiger charge is 2.47. The number of amides is 2. The van der Waals surface area contributed by atoms with Gasteiger partial charge in [-0.3, -0.25) is 9.59 Å². The molecule has 0 aliphatic carbocycles. The van der Waals surface area contributed by atoms with E-state index in [0.717, 1.165) is 36.3 Å². The van der Waals surface area contributed by atoms with Crippen molar-refractivity contribution in [2.24, 2.45) is 0 Å². The van der Waals surface area contributed by atoms with Crippen LogP contribution in [0.15, 0.2) is 48.5 Å². The van der Waals surface area contributed by atoms with Gasteiger partial charge in [0.05, 0.1) is 18.8 Å². The third-order valence-electron chi connectivity index (χ3n) is 8.03. The molecular weight excluding hydrogens is 539 g/mol. The summed E-state index contributed by atoms with van der Waals surface area (Å²) in [7, 11) is 0. The topological polar surface area (TPSA) is 91.3 Å². The van der Waals surface area contributed by atoms with E-state index in [4.69, 9.17) is 9.47 Å². The Morgan fingerprint density at radius 1 is 0.902 bits per heavy atom. The number of carbonyl (C=O) groups excluding carboxylic acids is 2. The summed E-state index contributed by atoms with van der Waals surface area (Å²) in [4.78, 5) is 27.6. The lowest BCUT2D eigenvalue weighted by atomic mass is 9.99. The predicted molar refractivity (Wildman–Crippen MR) is 145 cm³/mol. The molecule has 2 aromatic carbocycles. The number of halogens is 3. The lowest BCUT2D eigenvalue weighted by Gasteiger charge is -2.39. The predicted octanol–water partition coefficient (Wildman–Crippen LogP) is 4.70.